The lowest BCUT2D eigenvalue weighted by molar-refractivity contribution is -0.158. The first-order chi connectivity index (χ1) is 28.7. The number of nitrogens with zero attached hydrogens (tertiary/aromatic N) is 3. The topological polar surface area (TPSA) is 150 Å². The fourth-order valence-electron chi connectivity index (χ4n) is 7.06. The number of hydrogen-bond acceptors (Lipinski definition) is 11. The van der Waals surface area contributed by atoms with Crippen LogP contribution in [0.15, 0.2) is 72.4 Å². The largest absolute Gasteiger partial charge is 0.508 e. The Kier molecular flexibility index (Phi) is 14.8. The summed E-state index contributed by atoms with van der Waals surface area (Å²) in [5.74, 6) is -1.14. The zero-order valence-electron chi connectivity index (χ0n) is 37.4. The lowest BCUT2D eigenvalue weighted by Gasteiger charge is -2.40. The molecule has 11 nitrogen and oxygen atoms in total. The van der Waals surface area contributed by atoms with Crippen LogP contribution in [-0.2, 0) is 38.1 Å². The molecule has 334 valence electrons. The number of carbonyl (C=O) groups excluding carboxylic acids is 2. The van der Waals surface area contributed by atoms with E-state index in [1.165, 1.54) is 24.4 Å². The van der Waals surface area contributed by atoms with E-state index in [2.05, 4.69) is 15.0 Å². The minimum atomic E-state index is -4.64. The van der Waals surface area contributed by atoms with E-state index in [1.54, 1.807) is 86.7 Å². The summed E-state index contributed by atoms with van der Waals surface area (Å²) in [5.41, 5.74) is -1.71. The summed E-state index contributed by atoms with van der Waals surface area (Å²) >= 11 is 6.05. The fraction of sp³-hybridized carbons (Fsp3) is 0.426. The van der Waals surface area contributed by atoms with Gasteiger partial charge in [-0.2, -0.15) is 18.2 Å². The molecule has 2 aromatic carbocycles. The van der Waals surface area contributed by atoms with Gasteiger partial charge >= 0.3 is 12.2 Å². The minimum Gasteiger partial charge on any atom is -0.508 e. The van der Waals surface area contributed by atoms with Crippen LogP contribution in [-0.4, -0.2) is 59.1 Å². The lowest BCUT2D eigenvalue weighted by Crippen LogP contribution is -2.49. The van der Waals surface area contributed by atoms with Gasteiger partial charge in [-0.3, -0.25) is 9.59 Å². The number of alkyl halides is 3. The van der Waals surface area contributed by atoms with Gasteiger partial charge in [0.05, 0.1) is 11.1 Å². The number of hydrogen-bond donors (Lipinski definition) is 2. The van der Waals surface area contributed by atoms with Crippen LogP contribution in [0.2, 0.25) is 5.15 Å². The van der Waals surface area contributed by atoms with Gasteiger partial charge in [-0.15, -0.1) is 0 Å². The average molecular weight is 882 g/mol. The Bertz CT molecular complexity index is 2400. The van der Waals surface area contributed by atoms with E-state index < -0.39 is 45.8 Å². The van der Waals surface area contributed by atoms with Crippen LogP contribution < -0.4 is 9.47 Å². The smallest absolute Gasteiger partial charge is 0.421 e. The molecule has 0 radical (unpaired) electrons. The first kappa shape index (κ1) is 49.3. The summed E-state index contributed by atoms with van der Waals surface area (Å²) < 4.78 is 62.7. The van der Waals surface area contributed by atoms with Crippen molar-refractivity contribution in [2.24, 2.45) is 0 Å². The maximum atomic E-state index is 13.3. The van der Waals surface area contributed by atoms with Crippen molar-refractivity contribution in [3.63, 3.8) is 0 Å². The number of carbonyl (C=O) groups is 2. The molecule has 0 fully saturated rings. The second-order valence-electron chi connectivity index (χ2n) is 16.4. The Hall–Kier alpha value is -5.31. The monoisotopic (exact) mass is 881 g/mol. The van der Waals surface area contributed by atoms with Crippen LogP contribution >= 0.6 is 11.6 Å². The van der Waals surface area contributed by atoms with Crippen LogP contribution in [0.5, 0.6) is 23.4 Å². The van der Waals surface area contributed by atoms with Crippen molar-refractivity contribution >= 4 is 34.3 Å². The molecule has 2 aliphatic rings. The van der Waals surface area contributed by atoms with Crippen molar-refractivity contribution in [1.82, 2.24) is 15.0 Å². The highest BCUT2D eigenvalue weighted by Gasteiger charge is 2.48. The Morgan fingerprint density at radius 3 is 1.58 bits per heavy atom. The first-order valence-corrected chi connectivity index (χ1v) is 20.6. The summed E-state index contributed by atoms with van der Waals surface area (Å²) in [5, 5.41) is 22.0. The van der Waals surface area contributed by atoms with Gasteiger partial charge < -0.3 is 29.2 Å². The van der Waals surface area contributed by atoms with Crippen LogP contribution in [0.25, 0.3) is 11.1 Å². The van der Waals surface area contributed by atoms with Crippen molar-refractivity contribution in [3.05, 3.63) is 111 Å². The molecule has 0 saturated carbocycles. The van der Waals surface area contributed by atoms with Crippen molar-refractivity contribution in [3.8, 4) is 23.4 Å². The third-order valence-corrected chi connectivity index (χ3v) is 10.4. The molecule has 4 heterocycles. The standard InChI is InChI=1S/C23H24F3NO4.C22H25ClN2O4.C2H6/c1-6-13-9-10-14(30-20-16(23(24,25)26)8-7-11-27-20)12-15(13)17-18(28)21(2,3)31-22(4,5)19(17)29;1-7-13-8-9-14(28-20-24-11-12(2)19(23)25-20)10-15(13)16-17(26)21(3,4)29-22(5,6)18(16)27;1-2/h7-12,28H,6H2,1-5H3;8-11,26H,7H2,1-6H3;1-2H3. The van der Waals surface area contributed by atoms with E-state index in [0.29, 0.717) is 34.9 Å². The molecule has 0 aliphatic carbocycles. The summed E-state index contributed by atoms with van der Waals surface area (Å²) in [6, 6.07) is 12.1. The quantitative estimate of drug-likeness (QED) is 0.163. The molecule has 2 aliphatic heterocycles. The lowest BCUT2D eigenvalue weighted by atomic mass is 9.81. The predicted molar refractivity (Wildman–Crippen MR) is 232 cm³/mol. The molecule has 62 heavy (non-hydrogen) atoms. The molecule has 0 atom stereocenters. The van der Waals surface area contributed by atoms with E-state index in [0.717, 1.165) is 22.8 Å². The highest BCUT2D eigenvalue weighted by molar-refractivity contribution is 6.30. The number of benzene rings is 2. The molecule has 0 bridgehead atoms. The molecule has 0 saturated heterocycles. The summed E-state index contributed by atoms with van der Waals surface area (Å²) in [7, 11) is 0. The van der Waals surface area contributed by atoms with E-state index in [9.17, 15) is 33.0 Å². The van der Waals surface area contributed by atoms with Crippen LogP contribution in [0.1, 0.15) is 116 Å². The number of Topliss-reactive ketones (excluding diaryl/α,β-unsaturated/α-hetero) is 2. The van der Waals surface area contributed by atoms with Gasteiger partial charge in [-0.25, -0.2) is 9.97 Å². The van der Waals surface area contributed by atoms with Gasteiger partial charge in [0.1, 0.15) is 56.1 Å². The van der Waals surface area contributed by atoms with Crippen molar-refractivity contribution in [2.45, 2.75) is 131 Å². The van der Waals surface area contributed by atoms with Gasteiger partial charge in [-0.1, -0.05) is 51.4 Å². The number of pyridine rings is 1. The number of aliphatic hydroxyl groups is 2. The maximum absolute atomic E-state index is 13.3. The van der Waals surface area contributed by atoms with Gasteiger partial charge in [0, 0.05) is 18.0 Å². The molecule has 6 rings (SSSR count). The maximum Gasteiger partial charge on any atom is 0.421 e. The number of ether oxygens (including phenoxy) is 4. The number of rotatable bonds is 8. The molecule has 2 N–H and O–H groups in total. The number of aryl methyl sites for hydroxylation is 3. The number of aliphatic hydroxyl groups excluding tert-OH is 2. The Labute approximate surface area is 366 Å². The normalized spacial score (nSPS) is 17.7. The van der Waals surface area contributed by atoms with Gasteiger partial charge in [0.2, 0.25) is 5.88 Å². The van der Waals surface area contributed by atoms with E-state index in [4.69, 9.17) is 30.5 Å². The van der Waals surface area contributed by atoms with E-state index in [-0.39, 0.29) is 40.2 Å². The third kappa shape index (κ3) is 10.5. The highest BCUT2D eigenvalue weighted by atomic mass is 35.5. The summed E-state index contributed by atoms with van der Waals surface area (Å²) in [6.45, 7) is 23.1. The molecule has 2 aromatic heterocycles. The van der Waals surface area contributed by atoms with Crippen LogP contribution in [0.3, 0.4) is 0 Å². The minimum absolute atomic E-state index is 0.0617. The van der Waals surface area contributed by atoms with Crippen LogP contribution in [0, 0.1) is 6.92 Å². The SMILES string of the molecule is CC.CCc1ccc(Oc2ncc(C)c(Cl)n2)cc1C1=C(O)C(C)(C)OC(C)(C)C1=O.CCc1ccc(Oc2ncccc2C(F)(F)F)cc1C1=C(O)C(C)(C)OC(C)(C)C1=O. The van der Waals surface area contributed by atoms with Crippen molar-refractivity contribution in [2.75, 3.05) is 0 Å². The number of aromatic nitrogens is 3. The molecular formula is C47H55ClF3N3O8. The Morgan fingerprint density at radius 2 is 1.16 bits per heavy atom. The fourth-order valence-corrected chi connectivity index (χ4v) is 7.19. The van der Waals surface area contributed by atoms with Crippen molar-refractivity contribution < 1.29 is 51.9 Å². The van der Waals surface area contributed by atoms with Gasteiger partial charge in [0.25, 0.3) is 0 Å². The first-order valence-electron chi connectivity index (χ1n) is 20.2. The Morgan fingerprint density at radius 1 is 0.710 bits per heavy atom. The number of ketones is 2. The summed E-state index contributed by atoms with van der Waals surface area (Å²) in [6.07, 6.45) is -0.658. The zero-order valence-corrected chi connectivity index (χ0v) is 38.1. The Balaban J connectivity index is 0.000000263. The zero-order chi connectivity index (χ0) is 46.7. The number of halogens is 4. The summed E-state index contributed by atoms with van der Waals surface area (Å²) in [4.78, 5) is 38.2. The van der Waals surface area contributed by atoms with E-state index in [1.807, 2.05) is 33.8 Å². The van der Waals surface area contributed by atoms with Gasteiger partial charge in [0.15, 0.2) is 11.6 Å². The molecule has 0 amide bonds. The molecule has 4 aromatic rings. The second kappa shape index (κ2) is 18.6. The molecular weight excluding hydrogens is 827 g/mol. The second-order valence-corrected chi connectivity index (χ2v) is 16.7. The van der Waals surface area contributed by atoms with E-state index >= 15 is 0 Å². The highest BCUT2D eigenvalue weighted by Crippen LogP contribution is 2.44. The average Bonchev–Trinajstić information content (AvgIpc) is 3.19. The van der Waals surface area contributed by atoms with Crippen LogP contribution in [0.4, 0.5) is 13.2 Å². The van der Waals surface area contributed by atoms with Gasteiger partial charge in [-0.05, 0) is 134 Å². The van der Waals surface area contributed by atoms with Crippen molar-refractivity contribution in [1.29, 1.82) is 0 Å². The molecule has 0 unspecified atom stereocenters. The molecule has 0 spiro atoms. The molecule has 15 heteroatoms. The third-order valence-electron chi connectivity index (χ3n) is 10.0. The predicted octanol–water partition coefficient (Wildman–Crippen LogP) is 12.1.